The molecule has 4 fully saturated rings. The second kappa shape index (κ2) is 7.53. The lowest BCUT2D eigenvalue weighted by atomic mass is 9.50. The van der Waals surface area contributed by atoms with Crippen molar-refractivity contribution in [1.29, 1.82) is 0 Å². The van der Waals surface area contributed by atoms with Crippen molar-refractivity contribution in [3.8, 4) is 5.88 Å². The van der Waals surface area contributed by atoms with E-state index in [1.165, 1.54) is 0 Å². The van der Waals surface area contributed by atoms with E-state index < -0.39 is 6.09 Å². The minimum Gasteiger partial charge on any atom is -0.391 e. The van der Waals surface area contributed by atoms with E-state index in [4.69, 9.17) is 4.74 Å². The minimum atomic E-state index is -0.494. The van der Waals surface area contributed by atoms with Crippen molar-refractivity contribution in [2.45, 2.75) is 70.4 Å². The third kappa shape index (κ3) is 4.06. The summed E-state index contributed by atoms with van der Waals surface area (Å²) in [6.07, 6.45) is 5.10. The van der Waals surface area contributed by atoms with Gasteiger partial charge in [-0.1, -0.05) is 6.07 Å². The smallest absolute Gasteiger partial charge is 0.391 e. The van der Waals surface area contributed by atoms with Gasteiger partial charge in [0.25, 0.3) is 5.91 Å². The van der Waals surface area contributed by atoms with Gasteiger partial charge in [0.1, 0.15) is 11.5 Å². The molecule has 168 valence electrons. The van der Waals surface area contributed by atoms with Crippen molar-refractivity contribution in [1.82, 2.24) is 25.6 Å². The van der Waals surface area contributed by atoms with Crippen LogP contribution in [0.1, 0.15) is 66.2 Å². The summed E-state index contributed by atoms with van der Waals surface area (Å²) in [6.45, 7) is 5.49. The lowest BCUT2D eigenvalue weighted by Gasteiger charge is -2.61. The number of ether oxygens (including phenoxy) is 1. The molecule has 4 bridgehead atoms. The van der Waals surface area contributed by atoms with Gasteiger partial charge in [-0.15, -0.1) is 0 Å². The molecule has 0 radical (unpaired) electrons. The maximum atomic E-state index is 13.0. The van der Waals surface area contributed by atoms with E-state index in [0.717, 1.165) is 43.5 Å². The number of hydrogen-bond donors (Lipinski definition) is 2. The second-order valence-electron chi connectivity index (χ2n) is 10.0. The standard InChI is InChI=1S/C24H29N5O3/c1-14-5-4-6-19(26-14)21(30)28-23-9-17-8-18(10-23)12-24(11-17,13-23)29-22(31)32-20-7-15(2)25-16(3)27-20/h4-7,17-18H,8-13H2,1-3H3,(H,28,30)(H,29,31). The van der Waals surface area contributed by atoms with Gasteiger partial charge in [0.15, 0.2) is 0 Å². The van der Waals surface area contributed by atoms with Crippen LogP contribution in [0.25, 0.3) is 0 Å². The third-order valence-electron chi connectivity index (χ3n) is 7.07. The van der Waals surface area contributed by atoms with Gasteiger partial charge in [-0.25, -0.2) is 14.8 Å². The van der Waals surface area contributed by atoms with E-state index in [9.17, 15) is 9.59 Å². The molecule has 0 aromatic carbocycles. The van der Waals surface area contributed by atoms with Crippen molar-refractivity contribution < 1.29 is 14.3 Å². The van der Waals surface area contributed by atoms with Crippen LogP contribution in [0.3, 0.4) is 0 Å². The molecule has 2 N–H and O–H groups in total. The van der Waals surface area contributed by atoms with Crippen molar-refractivity contribution >= 4 is 12.0 Å². The SMILES string of the molecule is Cc1cccc(C(=O)NC23CC4CC(CC(NC(=O)Oc5cc(C)nc(C)n5)(C4)C2)C3)n1. The Morgan fingerprint density at radius 2 is 1.62 bits per heavy atom. The van der Waals surface area contributed by atoms with Gasteiger partial charge < -0.3 is 15.4 Å². The van der Waals surface area contributed by atoms with Gasteiger partial charge in [-0.05, 0) is 83.3 Å². The maximum Gasteiger partial charge on any atom is 0.414 e. The van der Waals surface area contributed by atoms with Gasteiger partial charge in [0, 0.05) is 28.5 Å². The first-order chi connectivity index (χ1) is 15.2. The van der Waals surface area contributed by atoms with E-state index in [-0.39, 0.29) is 22.9 Å². The summed E-state index contributed by atoms with van der Waals surface area (Å²) >= 11 is 0. The molecule has 2 heterocycles. The van der Waals surface area contributed by atoms with Crippen LogP contribution in [0.2, 0.25) is 0 Å². The molecule has 4 aliphatic rings. The molecule has 0 aliphatic heterocycles. The first-order valence-electron chi connectivity index (χ1n) is 11.3. The molecule has 2 amide bonds. The summed E-state index contributed by atoms with van der Waals surface area (Å²) < 4.78 is 5.51. The van der Waals surface area contributed by atoms with E-state index in [0.29, 0.717) is 29.8 Å². The van der Waals surface area contributed by atoms with Gasteiger partial charge in [0.2, 0.25) is 5.88 Å². The van der Waals surface area contributed by atoms with Crippen molar-refractivity contribution in [2.24, 2.45) is 11.8 Å². The molecule has 4 saturated carbocycles. The summed E-state index contributed by atoms with van der Waals surface area (Å²) in [4.78, 5) is 38.6. The summed E-state index contributed by atoms with van der Waals surface area (Å²) in [5, 5.41) is 6.49. The van der Waals surface area contributed by atoms with Crippen LogP contribution < -0.4 is 15.4 Å². The molecule has 32 heavy (non-hydrogen) atoms. The molecule has 6 rings (SSSR count). The van der Waals surface area contributed by atoms with E-state index in [1.54, 1.807) is 19.1 Å². The minimum absolute atomic E-state index is 0.139. The van der Waals surface area contributed by atoms with Crippen LogP contribution in [0, 0.1) is 32.6 Å². The Hall–Kier alpha value is -3.03. The fraction of sp³-hybridized carbons (Fsp3) is 0.542. The Bertz CT molecular complexity index is 1050. The van der Waals surface area contributed by atoms with Crippen molar-refractivity contribution in [2.75, 3.05) is 0 Å². The van der Waals surface area contributed by atoms with Crippen molar-refractivity contribution in [3.63, 3.8) is 0 Å². The second-order valence-corrected chi connectivity index (χ2v) is 10.0. The number of nitrogens with zero attached hydrogens (tertiary/aromatic N) is 3. The number of amides is 2. The number of nitrogens with one attached hydrogen (secondary N) is 2. The first kappa shape index (κ1) is 20.8. The number of pyridine rings is 1. The zero-order chi connectivity index (χ0) is 22.5. The molecule has 0 saturated heterocycles. The zero-order valence-electron chi connectivity index (χ0n) is 18.8. The number of aromatic nitrogens is 3. The van der Waals surface area contributed by atoms with Crippen LogP contribution >= 0.6 is 0 Å². The number of hydrogen-bond acceptors (Lipinski definition) is 6. The molecule has 0 spiro atoms. The monoisotopic (exact) mass is 435 g/mol. The molecule has 4 aliphatic carbocycles. The van der Waals surface area contributed by atoms with Crippen LogP contribution in [0.15, 0.2) is 24.3 Å². The quantitative estimate of drug-likeness (QED) is 0.762. The Labute approximate surface area is 187 Å². The number of carbonyl (C=O) groups excluding carboxylic acids is 2. The van der Waals surface area contributed by atoms with E-state index >= 15 is 0 Å². The van der Waals surface area contributed by atoms with Crippen LogP contribution in [-0.2, 0) is 0 Å². The normalized spacial score (nSPS) is 30.1. The average Bonchev–Trinajstić information content (AvgIpc) is 2.65. The summed E-state index contributed by atoms with van der Waals surface area (Å²) in [7, 11) is 0. The van der Waals surface area contributed by atoms with Gasteiger partial charge in [0.05, 0.1) is 0 Å². The van der Waals surface area contributed by atoms with Crippen molar-refractivity contribution in [3.05, 3.63) is 47.2 Å². The number of rotatable bonds is 4. The lowest BCUT2D eigenvalue weighted by Crippen LogP contribution is -2.70. The molecule has 2 atom stereocenters. The molecular formula is C24H29N5O3. The molecule has 8 heteroatoms. The van der Waals surface area contributed by atoms with Crippen LogP contribution in [0.5, 0.6) is 5.88 Å². The zero-order valence-corrected chi connectivity index (χ0v) is 18.8. The molecular weight excluding hydrogens is 406 g/mol. The highest BCUT2D eigenvalue weighted by atomic mass is 16.6. The number of aryl methyl sites for hydroxylation is 3. The topological polar surface area (TPSA) is 106 Å². The molecule has 2 aromatic heterocycles. The Balaban J connectivity index is 1.33. The summed E-state index contributed by atoms with van der Waals surface area (Å²) in [6, 6.07) is 7.14. The average molecular weight is 436 g/mol. The lowest BCUT2D eigenvalue weighted by molar-refractivity contribution is -0.0450. The van der Waals surface area contributed by atoms with Gasteiger partial charge in [-0.2, -0.15) is 4.98 Å². The largest absolute Gasteiger partial charge is 0.414 e. The fourth-order valence-electron chi connectivity index (χ4n) is 6.60. The highest BCUT2D eigenvalue weighted by Gasteiger charge is 2.59. The molecule has 2 unspecified atom stereocenters. The van der Waals surface area contributed by atoms with Gasteiger partial charge in [-0.3, -0.25) is 4.79 Å². The maximum absolute atomic E-state index is 13.0. The third-order valence-corrected chi connectivity index (χ3v) is 7.07. The van der Waals surface area contributed by atoms with Crippen LogP contribution in [0.4, 0.5) is 4.79 Å². The predicted molar refractivity (Wildman–Crippen MR) is 117 cm³/mol. The fourth-order valence-corrected chi connectivity index (χ4v) is 6.60. The molecule has 2 aromatic rings. The van der Waals surface area contributed by atoms with E-state index in [2.05, 4.69) is 25.6 Å². The first-order valence-corrected chi connectivity index (χ1v) is 11.3. The summed E-state index contributed by atoms with van der Waals surface area (Å²) in [5.41, 5.74) is 1.32. The van der Waals surface area contributed by atoms with Gasteiger partial charge >= 0.3 is 6.09 Å². The summed E-state index contributed by atoms with van der Waals surface area (Å²) in [5.74, 6) is 1.64. The van der Waals surface area contributed by atoms with E-state index in [1.807, 2.05) is 26.0 Å². The highest BCUT2D eigenvalue weighted by molar-refractivity contribution is 5.92. The Morgan fingerprint density at radius 3 is 2.28 bits per heavy atom. The molecule has 8 nitrogen and oxygen atoms in total. The highest BCUT2D eigenvalue weighted by Crippen LogP contribution is 2.57. The Morgan fingerprint density at radius 1 is 0.938 bits per heavy atom. The van der Waals surface area contributed by atoms with Crippen LogP contribution in [-0.4, -0.2) is 38.0 Å². The Kier molecular flexibility index (Phi) is 4.91. The number of carbonyl (C=O) groups is 2. The predicted octanol–water partition coefficient (Wildman–Crippen LogP) is 3.41.